The van der Waals surface area contributed by atoms with E-state index in [2.05, 4.69) is 4.98 Å². The molecule has 0 aliphatic heterocycles. The Morgan fingerprint density at radius 3 is 2.38 bits per heavy atom. The molecule has 3 rings (SSSR count). The normalized spacial score (nSPS) is 12.9. The molecule has 2 aromatic carbocycles. The standard InChI is InChI=1S/C19H18ClNO3S2/c1-3-13(2)25-19-18(21-17(24-19)14-7-5-4-6-8-14)26(22,23)16-11-9-15(20)10-12-16/h4-13H,3H2,1-2H3/t13-/m1/s1. The highest BCUT2D eigenvalue weighted by Gasteiger charge is 2.29. The molecule has 0 N–H and O–H groups in total. The summed E-state index contributed by atoms with van der Waals surface area (Å²) in [6, 6.07) is 15.3. The summed E-state index contributed by atoms with van der Waals surface area (Å²) < 4.78 is 32.1. The number of thioether (sulfide) groups is 1. The molecular weight excluding hydrogens is 390 g/mol. The highest BCUT2D eigenvalue weighted by molar-refractivity contribution is 8.00. The number of rotatable bonds is 6. The van der Waals surface area contributed by atoms with E-state index in [1.807, 2.05) is 44.2 Å². The lowest BCUT2D eigenvalue weighted by atomic mass is 10.2. The molecule has 1 heterocycles. The molecule has 7 heteroatoms. The second-order valence-corrected chi connectivity index (χ2v) is 9.48. The first-order chi connectivity index (χ1) is 12.4. The Labute approximate surface area is 162 Å². The Bertz CT molecular complexity index is 983. The van der Waals surface area contributed by atoms with E-state index in [9.17, 15) is 8.42 Å². The monoisotopic (exact) mass is 407 g/mol. The van der Waals surface area contributed by atoms with Crippen LogP contribution in [0.3, 0.4) is 0 Å². The van der Waals surface area contributed by atoms with Crippen LogP contribution in [0.15, 0.2) is 74.0 Å². The summed E-state index contributed by atoms with van der Waals surface area (Å²) in [5, 5.41) is 0.936. The van der Waals surface area contributed by atoms with Gasteiger partial charge in [-0.25, -0.2) is 8.42 Å². The Kier molecular flexibility index (Phi) is 5.75. The summed E-state index contributed by atoms with van der Waals surface area (Å²) in [6.07, 6.45) is 0.881. The van der Waals surface area contributed by atoms with Gasteiger partial charge in [0, 0.05) is 15.8 Å². The third kappa shape index (κ3) is 3.98. The molecule has 0 aliphatic carbocycles. The highest BCUT2D eigenvalue weighted by atomic mass is 35.5. The highest BCUT2D eigenvalue weighted by Crippen LogP contribution is 2.37. The van der Waals surface area contributed by atoms with Gasteiger partial charge in [-0.15, -0.1) is 0 Å². The lowest BCUT2D eigenvalue weighted by molar-refractivity contribution is 0.469. The molecule has 0 saturated carbocycles. The van der Waals surface area contributed by atoms with Gasteiger partial charge in [0.15, 0.2) is 0 Å². The molecule has 0 unspecified atom stereocenters. The van der Waals surface area contributed by atoms with Gasteiger partial charge in [-0.2, -0.15) is 4.98 Å². The predicted molar refractivity (Wildman–Crippen MR) is 104 cm³/mol. The van der Waals surface area contributed by atoms with Gasteiger partial charge in [0.1, 0.15) is 0 Å². The van der Waals surface area contributed by atoms with Crippen molar-refractivity contribution in [3.63, 3.8) is 0 Å². The molecular formula is C19H18ClNO3S2. The third-order valence-corrected chi connectivity index (χ3v) is 7.14. The lowest BCUT2D eigenvalue weighted by Gasteiger charge is -2.07. The molecule has 0 amide bonds. The number of aromatic nitrogens is 1. The van der Waals surface area contributed by atoms with Crippen LogP contribution in [0.1, 0.15) is 20.3 Å². The largest absolute Gasteiger partial charge is 0.428 e. The summed E-state index contributed by atoms with van der Waals surface area (Å²) in [5.74, 6) is 0.295. The lowest BCUT2D eigenvalue weighted by Crippen LogP contribution is -2.04. The van der Waals surface area contributed by atoms with Crippen LogP contribution in [0, 0.1) is 0 Å². The van der Waals surface area contributed by atoms with Gasteiger partial charge in [0.05, 0.1) is 4.90 Å². The molecule has 3 aromatic rings. The zero-order valence-corrected chi connectivity index (χ0v) is 16.7. The molecule has 1 aromatic heterocycles. The third-order valence-electron chi connectivity index (χ3n) is 3.85. The molecule has 0 aliphatic rings. The Balaban J connectivity index is 2.12. The van der Waals surface area contributed by atoms with Crippen molar-refractivity contribution in [2.75, 3.05) is 0 Å². The van der Waals surface area contributed by atoms with Crippen molar-refractivity contribution < 1.29 is 12.8 Å². The minimum absolute atomic E-state index is 0.0519. The summed E-state index contributed by atoms with van der Waals surface area (Å²) in [4.78, 5) is 4.47. The van der Waals surface area contributed by atoms with E-state index >= 15 is 0 Å². The quantitative estimate of drug-likeness (QED) is 0.489. The maximum absolute atomic E-state index is 13.1. The number of benzene rings is 2. The maximum atomic E-state index is 13.1. The number of nitrogens with zero attached hydrogens (tertiary/aromatic N) is 1. The second-order valence-electron chi connectivity index (χ2n) is 5.77. The van der Waals surface area contributed by atoms with E-state index in [4.69, 9.17) is 16.0 Å². The van der Waals surface area contributed by atoms with Gasteiger partial charge in [-0.05, 0) is 42.8 Å². The molecule has 0 radical (unpaired) electrons. The van der Waals surface area contributed by atoms with Crippen molar-refractivity contribution in [2.45, 2.75) is 40.5 Å². The fraction of sp³-hybridized carbons (Fsp3) is 0.211. The second kappa shape index (κ2) is 7.86. The number of sulfone groups is 1. The van der Waals surface area contributed by atoms with Crippen molar-refractivity contribution in [3.05, 3.63) is 59.6 Å². The molecule has 1 atom stereocenters. The van der Waals surface area contributed by atoms with Crippen LogP contribution in [0.5, 0.6) is 0 Å². The first-order valence-corrected chi connectivity index (χ1v) is 10.9. The summed E-state index contributed by atoms with van der Waals surface area (Å²) in [7, 11) is -3.81. The van der Waals surface area contributed by atoms with Gasteiger partial charge in [-0.1, -0.05) is 55.4 Å². The fourth-order valence-corrected chi connectivity index (χ4v) is 4.82. The SMILES string of the molecule is CC[C@@H](C)Sc1oc(-c2ccccc2)nc1S(=O)(=O)c1ccc(Cl)cc1. The smallest absolute Gasteiger partial charge is 0.228 e. The summed E-state index contributed by atoms with van der Waals surface area (Å²) in [5.41, 5.74) is 0.732. The predicted octanol–water partition coefficient (Wildman–Crippen LogP) is 5.72. The van der Waals surface area contributed by atoms with Crippen LogP contribution >= 0.6 is 23.4 Å². The Morgan fingerprint density at radius 2 is 1.77 bits per heavy atom. The number of hydrogen-bond acceptors (Lipinski definition) is 5. The number of halogens is 1. The minimum Gasteiger partial charge on any atom is -0.428 e. The van der Waals surface area contributed by atoms with E-state index in [0.717, 1.165) is 12.0 Å². The van der Waals surface area contributed by atoms with Gasteiger partial charge in [0.2, 0.25) is 25.8 Å². The zero-order chi connectivity index (χ0) is 18.7. The van der Waals surface area contributed by atoms with Crippen molar-refractivity contribution in [2.24, 2.45) is 0 Å². The van der Waals surface area contributed by atoms with Crippen LogP contribution in [0.25, 0.3) is 11.5 Å². The van der Waals surface area contributed by atoms with Gasteiger partial charge < -0.3 is 4.42 Å². The van der Waals surface area contributed by atoms with Gasteiger partial charge >= 0.3 is 0 Å². The van der Waals surface area contributed by atoms with Crippen LogP contribution in [0.4, 0.5) is 0 Å². The molecule has 0 bridgehead atoms. The van der Waals surface area contributed by atoms with E-state index in [1.54, 1.807) is 12.1 Å². The Morgan fingerprint density at radius 1 is 1.12 bits per heavy atom. The van der Waals surface area contributed by atoms with Gasteiger partial charge in [0.25, 0.3) is 0 Å². The topological polar surface area (TPSA) is 60.2 Å². The van der Waals surface area contributed by atoms with E-state index in [0.29, 0.717) is 16.0 Å². The summed E-state index contributed by atoms with van der Waals surface area (Å²) in [6.45, 7) is 4.06. The molecule has 4 nitrogen and oxygen atoms in total. The molecule has 26 heavy (non-hydrogen) atoms. The summed E-state index contributed by atoms with van der Waals surface area (Å²) >= 11 is 7.25. The number of hydrogen-bond donors (Lipinski definition) is 0. The van der Waals surface area contributed by atoms with E-state index in [1.165, 1.54) is 23.9 Å². The molecule has 0 fully saturated rings. The van der Waals surface area contributed by atoms with Crippen molar-refractivity contribution >= 4 is 33.2 Å². The van der Waals surface area contributed by atoms with E-state index < -0.39 is 9.84 Å². The zero-order valence-electron chi connectivity index (χ0n) is 14.3. The molecule has 0 spiro atoms. The van der Waals surface area contributed by atoms with Crippen LogP contribution in [-0.2, 0) is 9.84 Å². The first kappa shape index (κ1) is 19.0. The van der Waals surface area contributed by atoms with E-state index in [-0.39, 0.29) is 15.2 Å². The van der Waals surface area contributed by atoms with Crippen molar-refractivity contribution in [1.29, 1.82) is 0 Å². The number of oxazole rings is 1. The maximum Gasteiger partial charge on any atom is 0.228 e. The van der Waals surface area contributed by atoms with Crippen molar-refractivity contribution in [1.82, 2.24) is 4.98 Å². The average Bonchev–Trinajstić information content (AvgIpc) is 3.07. The first-order valence-electron chi connectivity index (χ1n) is 8.15. The average molecular weight is 408 g/mol. The Hall–Kier alpha value is -1.76. The molecule has 0 saturated heterocycles. The minimum atomic E-state index is -3.81. The van der Waals surface area contributed by atoms with Crippen molar-refractivity contribution in [3.8, 4) is 11.5 Å². The molecule has 136 valence electrons. The van der Waals surface area contributed by atoms with Gasteiger partial charge in [-0.3, -0.25) is 0 Å². The van der Waals surface area contributed by atoms with Crippen LogP contribution in [-0.4, -0.2) is 18.7 Å². The van der Waals surface area contributed by atoms with Crippen LogP contribution in [0.2, 0.25) is 5.02 Å². The fourth-order valence-electron chi connectivity index (χ4n) is 2.23. The van der Waals surface area contributed by atoms with Crippen LogP contribution < -0.4 is 0 Å².